The van der Waals surface area contributed by atoms with E-state index in [0.29, 0.717) is 11.5 Å². The summed E-state index contributed by atoms with van der Waals surface area (Å²) in [6.07, 6.45) is 0.953. The van der Waals surface area contributed by atoms with Crippen LogP contribution in [0.25, 0.3) is 0 Å². The lowest BCUT2D eigenvalue weighted by Crippen LogP contribution is -2.23. The van der Waals surface area contributed by atoms with Gasteiger partial charge in [-0.1, -0.05) is 42.5 Å². The Balaban J connectivity index is 2.01. The van der Waals surface area contributed by atoms with Crippen molar-refractivity contribution in [1.82, 2.24) is 4.90 Å². The van der Waals surface area contributed by atoms with Crippen LogP contribution in [0.1, 0.15) is 16.7 Å². The Bertz CT molecular complexity index is 613. The second-order valence-corrected chi connectivity index (χ2v) is 5.58. The van der Waals surface area contributed by atoms with E-state index in [1.807, 2.05) is 25.2 Å². The molecule has 110 valence electrons. The molecule has 2 aromatic carbocycles. The molecule has 0 saturated heterocycles. The topological polar surface area (TPSA) is 29.3 Å². The second kappa shape index (κ2) is 7.29. The second-order valence-electron chi connectivity index (χ2n) is 5.14. The molecule has 0 aliphatic heterocycles. The van der Waals surface area contributed by atoms with Gasteiger partial charge < -0.3 is 10.6 Å². The number of thiocarbonyl (C=S) groups is 1. The van der Waals surface area contributed by atoms with E-state index in [4.69, 9.17) is 18.0 Å². The first-order chi connectivity index (χ1) is 10.1. The van der Waals surface area contributed by atoms with Crippen LogP contribution in [0, 0.1) is 5.82 Å². The first-order valence-electron chi connectivity index (χ1n) is 6.87. The smallest absolute Gasteiger partial charge is 0.123 e. The zero-order valence-electron chi connectivity index (χ0n) is 12.1. The maximum atomic E-state index is 13.4. The van der Waals surface area contributed by atoms with Gasteiger partial charge in [-0.15, -0.1) is 0 Å². The van der Waals surface area contributed by atoms with Crippen LogP contribution in [0.4, 0.5) is 4.39 Å². The van der Waals surface area contributed by atoms with Gasteiger partial charge in [-0.05, 0) is 42.8 Å². The lowest BCUT2D eigenvalue weighted by Gasteiger charge is -2.18. The molecule has 0 aliphatic carbocycles. The molecule has 0 unspecified atom stereocenters. The van der Waals surface area contributed by atoms with Crippen LogP contribution < -0.4 is 5.73 Å². The predicted molar refractivity (Wildman–Crippen MR) is 88.8 cm³/mol. The number of rotatable bonds is 6. The molecule has 2 rings (SSSR count). The number of likely N-dealkylation sites (N-methyl/N-ethyl adjacent to an activating group) is 1. The Morgan fingerprint density at radius 2 is 1.90 bits per heavy atom. The van der Waals surface area contributed by atoms with E-state index in [1.54, 1.807) is 6.07 Å². The fourth-order valence-corrected chi connectivity index (χ4v) is 2.47. The van der Waals surface area contributed by atoms with Crippen LogP contribution in [0.3, 0.4) is 0 Å². The van der Waals surface area contributed by atoms with Crippen LogP contribution in [-0.2, 0) is 13.0 Å². The van der Waals surface area contributed by atoms with Crippen molar-refractivity contribution in [2.45, 2.75) is 13.0 Å². The Kier molecular flexibility index (Phi) is 5.42. The molecule has 0 fully saturated rings. The third kappa shape index (κ3) is 4.62. The number of hydrogen-bond donors (Lipinski definition) is 1. The van der Waals surface area contributed by atoms with Crippen LogP contribution in [0.5, 0.6) is 0 Å². The molecule has 21 heavy (non-hydrogen) atoms. The average Bonchev–Trinajstić information content (AvgIpc) is 2.46. The van der Waals surface area contributed by atoms with Gasteiger partial charge in [0.25, 0.3) is 0 Å². The summed E-state index contributed by atoms with van der Waals surface area (Å²) >= 11 is 5.02. The summed E-state index contributed by atoms with van der Waals surface area (Å²) in [6.45, 7) is 1.51. The summed E-state index contributed by atoms with van der Waals surface area (Å²) in [7, 11) is 2.01. The minimum Gasteiger partial charge on any atom is -0.389 e. The van der Waals surface area contributed by atoms with Crippen molar-refractivity contribution in [3.05, 3.63) is 71.0 Å². The van der Waals surface area contributed by atoms with Crippen molar-refractivity contribution in [3.63, 3.8) is 0 Å². The van der Waals surface area contributed by atoms with E-state index in [2.05, 4.69) is 17.0 Å². The molecule has 0 heterocycles. The highest BCUT2D eigenvalue weighted by Crippen LogP contribution is 2.14. The van der Waals surface area contributed by atoms with Gasteiger partial charge in [0.1, 0.15) is 10.8 Å². The van der Waals surface area contributed by atoms with Gasteiger partial charge in [0.15, 0.2) is 0 Å². The number of nitrogens with zero attached hydrogens (tertiary/aromatic N) is 1. The number of nitrogens with two attached hydrogens (primary N) is 1. The summed E-state index contributed by atoms with van der Waals surface area (Å²) in [5.74, 6) is -0.263. The zero-order valence-corrected chi connectivity index (χ0v) is 12.9. The molecule has 0 amide bonds. The molecular weight excluding hydrogens is 283 g/mol. The molecule has 2 N–H and O–H groups in total. The largest absolute Gasteiger partial charge is 0.389 e. The SMILES string of the molecule is CN(CCc1ccccc1)Cc1cc(F)ccc1C(N)=S. The van der Waals surface area contributed by atoms with E-state index in [0.717, 1.165) is 24.1 Å². The van der Waals surface area contributed by atoms with Crippen molar-refractivity contribution >= 4 is 17.2 Å². The van der Waals surface area contributed by atoms with Crippen molar-refractivity contribution < 1.29 is 4.39 Å². The maximum absolute atomic E-state index is 13.4. The molecule has 0 aromatic heterocycles. The third-order valence-electron chi connectivity index (χ3n) is 3.40. The van der Waals surface area contributed by atoms with Gasteiger partial charge in [0, 0.05) is 18.7 Å². The molecule has 0 aliphatic rings. The van der Waals surface area contributed by atoms with Gasteiger partial charge in [-0.25, -0.2) is 4.39 Å². The van der Waals surface area contributed by atoms with Gasteiger partial charge in [-0.2, -0.15) is 0 Å². The van der Waals surface area contributed by atoms with Crippen molar-refractivity contribution in [2.24, 2.45) is 5.73 Å². The Labute approximate surface area is 130 Å². The molecule has 0 spiro atoms. The van der Waals surface area contributed by atoms with E-state index in [1.165, 1.54) is 17.7 Å². The minimum absolute atomic E-state index is 0.263. The number of benzene rings is 2. The highest BCUT2D eigenvalue weighted by atomic mass is 32.1. The first kappa shape index (κ1) is 15.6. The first-order valence-corrected chi connectivity index (χ1v) is 7.28. The van der Waals surface area contributed by atoms with E-state index in [9.17, 15) is 4.39 Å². The molecule has 0 atom stereocenters. The van der Waals surface area contributed by atoms with Gasteiger partial charge >= 0.3 is 0 Å². The summed E-state index contributed by atoms with van der Waals surface area (Å²) in [5, 5.41) is 0. The quantitative estimate of drug-likeness (QED) is 0.831. The fourth-order valence-electron chi connectivity index (χ4n) is 2.27. The zero-order chi connectivity index (χ0) is 15.2. The average molecular weight is 302 g/mol. The van der Waals surface area contributed by atoms with Crippen molar-refractivity contribution in [3.8, 4) is 0 Å². The molecular formula is C17H19FN2S. The van der Waals surface area contributed by atoms with Gasteiger partial charge in [0.05, 0.1) is 0 Å². The summed E-state index contributed by atoms with van der Waals surface area (Å²) in [4.78, 5) is 2.45. The number of halogens is 1. The van der Waals surface area contributed by atoms with Crippen molar-refractivity contribution in [2.75, 3.05) is 13.6 Å². The number of hydrogen-bond acceptors (Lipinski definition) is 2. The van der Waals surface area contributed by atoms with E-state index < -0.39 is 0 Å². The molecule has 4 heteroatoms. The Morgan fingerprint density at radius 3 is 2.57 bits per heavy atom. The van der Waals surface area contributed by atoms with Crippen LogP contribution in [-0.4, -0.2) is 23.5 Å². The lowest BCUT2D eigenvalue weighted by atomic mass is 10.1. The third-order valence-corrected chi connectivity index (χ3v) is 3.62. The highest BCUT2D eigenvalue weighted by Gasteiger charge is 2.09. The predicted octanol–water partition coefficient (Wildman–Crippen LogP) is 3.13. The lowest BCUT2D eigenvalue weighted by molar-refractivity contribution is 0.330. The highest BCUT2D eigenvalue weighted by molar-refractivity contribution is 7.80. The Hall–Kier alpha value is -1.78. The molecule has 0 saturated carbocycles. The van der Waals surface area contributed by atoms with Gasteiger partial charge in [-0.3, -0.25) is 0 Å². The van der Waals surface area contributed by atoms with Gasteiger partial charge in [0.2, 0.25) is 0 Å². The van der Waals surface area contributed by atoms with E-state index in [-0.39, 0.29) is 5.82 Å². The molecule has 0 bridgehead atoms. The minimum atomic E-state index is -0.263. The fraction of sp³-hybridized carbons (Fsp3) is 0.235. The summed E-state index contributed by atoms with van der Waals surface area (Å²) in [5.41, 5.74) is 8.57. The normalized spacial score (nSPS) is 10.8. The summed E-state index contributed by atoms with van der Waals surface area (Å²) in [6, 6.07) is 14.8. The molecule has 2 aromatic rings. The summed E-state index contributed by atoms with van der Waals surface area (Å²) < 4.78 is 13.4. The monoisotopic (exact) mass is 302 g/mol. The van der Waals surface area contributed by atoms with Crippen molar-refractivity contribution in [1.29, 1.82) is 0 Å². The Morgan fingerprint density at radius 1 is 1.19 bits per heavy atom. The standard InChI is InChI=1S/C17H19FN2S/c1-20(10-9-13-5-3-2-4-6-13)12-14-11-15(18)7-8-16(14)17(19)21/h2-8,11H,9-10,12H2,1H3,(H2,19,21). The van der Waals surface area contributed by atoms with Crippen LogP contribution >= 0.6 is 12.2 Å². The van der Waals surface area contributed by atoms with Crippen LogP contribution in [0.15, 0.2) is 48.5 Å². The van der Waals surface area contributed by atoms with Crippen LogP contribution in [0.2, 0.25) is 0 Å². The maximum Gasteiger partial charge on any atom is 0.123 e. The molecule has 0 radical (unpaired) electrons. The molecule has 2 nitrogen and oxygen atoms in total. The van der Waals surface area contributed by atoms with E-state index >= 15 is 0 Å².